The molecule has 0 spiro atoms. The molecule has 0 radical (unpaired) electrons. The van der Waals surface area contributed by atoms with Crippen LogP contribution in [0.2, 0.25) is 0 Å². The normalized spacial score (nSPS) is 10.4. The zero-order valence-electron chi connectivity index (χ0n) is 7.41. The molecule has 0 aliphatic rings. The summed E-state index contributed by atoms with van der Waals surface area (Å²) in [5, 5.41) is 1.76. The molecule has 2 rings (SSSR count). The number of halogens is 1. The molecule has 0 aliphatic carbocycles. The molecule has 0 amide bonds. The van der Waals surface area contributed by atoms with Crippen LogP contribution in [-0.2, 0) is 0 Å². The van der Waals surface area contributed by atoms with E-state index in [1.807, 2.05) is 18.2 Å². The SMILES string of the molecule is COc1cc2c(C=O)c(Br)ccc2s1. The summed E-state index contributed by atoms with van der Waals surface area (Å²) in [4.78, 5) is 10.9. The Kier molecular flexibility index (Phi) is 2.56. The first-order valence-electron chi connectivity index (χ1n) is 3.97. The number of ether oxygens (including phenoxy) is 1. The fourth-order valence-corrected chi connectivity index (χ4v) is 2.63. The van der Waals surface area contributed by atoms with Gasteiger partial charge < -0.3 is 4.74 Å². The van der Waals surface area contributed by atoms with Crippen molar-refractivity contribution < 1.29 is 9.53 Å². The van der Waals surface area contributed by atoms with E-state index in [0.717, 1.165) is 25.9 Å². The minimum absolute atomic E-state index is 0.682. The van der Waals surface area contributed by atoms with Gasteiger partial charge in [0, 0.05) is 26.2 Å². The molecule has 0 atom stereocenters. The van der Waals surface area contributed by atoms with E-state index in [1.54, 1.807) is 7.11 Å². The van der Waals surface area contributed by atoms with Gasteiger partial charge in [0.25, 0.3) is 0 Å². The van der Waals surface area contributed by atoms with Crippen LogP contribution in [-0.4, -0.2) is 13.4 Å². The molecule has 72 valence electrons. The highest BCUT2D eigenvalue weighted by atomic mass is 79.9. The van der Waals surface area contributed by atoms with Crippen LogP contribution in [0.1, 0.15) is 10.4 Å². The Morgan fingerprint density at radius 2 is 2.29 bits per heavy atom. The number of benzene rings is 1. The fourth-order valence-electron chi connectivity index (χ4n) is 1.30. The number of hydrogen-bond donors (Lipinski definition) is 0. The van der Waals surface area contributed by atoms with E-state index in [4.69, 9.17) is 4.74 Å². The van der Waals surface area contributed by atoms with Crippen molar-refractivity contribution in [3.05, 3.63) is 28.2 Å². The van der Waals surface area contributed by atoms with Crippen molar-refractivity contribution in [3.63, 3.8) is 0 Å². The Hall–Kier alpha value is -0.870. The summed E-state index contributed by atoms with van der Waals surface area (Å²) in [6.07, 6.45) is 0.860. The van der Waals surface area contributed by atoms with Crippen LogP contribution in [0.25, 0.3) is 10.1 Å². The molecular formula is C10H7BrO2S. The van der Waals surface area contributed by atoms with Crippen LogP contribution < -0.4 is 4.74 Å². The van der Waals surface area contributed by atoms with Crippen molar-refractivity contribution in [2.45, 2.75) is 0 Å². The quantitative estimate of drug-likeness (QED) is 0.781. The second-order valence-corrected chi connectivity index (χ2v) is 4.66. The highest BCUT2D eigenvalue weighted by Crippen LogP contribution is 2.35. The Labute approximate surface area is 93.6 Å². The van der Waals surface area contributed by atoms with Crippen molar-refractivity contribution in [1.29, 1.82) is 0 Å². The van der Waals surface area contributed by atoms with Gasteiger partial charge in [-0.05, 0) is 12.1 Å². The van der Waals surface area contributed by atoms with Gasteiger partial charge in [-0.25, -0.2) is 0 Å². The predicted octanol–water partition coefficient (Wildman–Crippen LogP) is 3.48. The topological polar surface area (TPSA) is 26.3 Å². The van der Waals surface area contributed by atoms with Crippen LogP contribution in [0.5, 0.6) is 5.06 Å². The zero-order chi connectivity index (χ0) is 10.1. The van der Waals surface area contributed by atoms with E-state index >= 15 is 0 Å². The number of rotatable bonds is 2. The molecular weight excluding hydrogens is 264 g/mol. The van der Waals surface area contributed by atoms with Gasteiger partial charge in [0.2, 0.25) is 0 Å². The standard InChI is InChI=1S/C10H7BrO2S/c1-13-10-4-6-7(5-12)8(11)2-3-9(6)14-10/h2-5H,1H3. The lowest BCUT2D eigenvalue weighted by atomic mass is 10.1. The van der Waals surface area contributed by atoms with Gasteiger partial charge in [-0.2, -0.15) is 0 Å². The van der Waals surface area contributed by atoms with E-state index in [-0.39, 0.29) is 0 Å². The van der Waals surface area contributed by atoms with Crippen LogP contribution in [0.4, 0.5) is 0 Å². The first-order chi connectivity index (χ1) is 6.76. The lowest BCUT2D eigenvalue weighted by Crippen LogP contribution is -1.82. The highest BCUT2D eigenvalue weighted by molar-refractivity contribution is 9.10. The summed E-state index contributed by atoms with van der Waals surface area (Å²) in [7, 11) is 1.63. The van der Waals surface area contributed by atoms with Crippen LogP contribution in [0.3, 0.4) is 0 Å². The number of aldehydes is 1. The first kappa shape index (κ1) is 9.68. The highest BCUT2D eigenvalue weighted by Gasteiger charge is 2.08. The smallest absolute Gasteiger partial charge is 0.174 e. The van der Waals surface area contributed by atoms with Gasteiger partial charge in [-0.3, -0.25) is 4.79 Å². The molecule has 0 aliphatic heterocycles. The molecule has 2 aromatic rings. The average molecular weight is 271 g/mol. The average Bonchev–Trinajstić information content (AvgIpc) is 2.60. The van der Waals surface area contributed by atoms with Crippen LogP contribution in [0, 0.1) is 0 Å². The molecule has 14 heavy (non-hydrogen) atoms. The number of carbonyl (C=O) groups is 1. The Morgan fingerprint density at radius 3 is 2.93 bits per heavy atom. The molecule has 2 nitrogen and oxygen atoms in total. The Balaban J connectivity index is 2.79. The first-order valence-corrected chi connectivity index (χ1v) is 5.58. The third-order valence-electron chi connectivity index (χ3n) is 1.99. The maximum atomic E-state index is 10.9. The van der Waals surface area contributed by atoms with E-state index in [9.17, 15) is 4.79 Å². The summed E-state index contributed by atoms with van der Waals surface area (Å²) < 4.78 is 7.01. The second-order valence-electron chi connectivity index (χ2n) is 2.76. The van der Waals surface area contributed by atoms with E-state index in [1.165, 1.54) is 11.3 Å². The Bertz CT molecular complexity index is 490. The van der Waals surface area contributed by atoms with E-state index in [2.05, 4.69) is 15.9 Å². The number of methoxy groups -OCH3 is 1. The van der Waals surface area contributed by atoms with Crippen LogP contribution in [0.15, 0.2) is 22.7 Å². The summed E-state index contributed by atoms with van der Waals surface area (Å²) in [5.74, 6) is 0. The molecule has 0 saturated carbocycles. The van der Waals surface area contributed by atoms with Crippen molar-refractivity contribution in [1.82, 2.24) is 0 Å². The summed E-state index contributed by atoms with van der Waals surface area (Å²) in [5.41, 5.74) is 0.682. The summed E-state index contributed by atoms with van der Waals surface area (Å²) in [6, 6.07) is 5.73. The molecule has 0 unspecified atom stereocenters. The number of carbonyl (C=O) groups excluding carboxylic acids is 1. The van der Waals surface area contributed by atoms with Gasteiger partial charge in [0.1, 0.15) is 0 Å². The molecule has 1 heterocycles. The molecule has 0 bridgehead atoms. The Morgan fingerprint density at radius 1 is 1.50 bits per heavy atom. The van der Waals surface area contributed by atoms with Gasteiger partial charge in [0.15, 0.2) is 11.3 Å². The molecule has 4 heteroatoms. The molecule has 1 aromatic carbocycles. The van der Waals surface area contributed by atoms with Crippen molar-refractivity contribution in [2.75, 3.05) is 7.11 Å². The van der Waals surface area contributed by atoms with Gasteiger partial charge in [-0.1, -0.05) is 27.3 Å². The van der Waals surface area contributed by atoms with Gasteiger partial charge in [0.05, 0.1) is 7.11 Å². The van der Waals surface area contributed by atoms with Gasteiger partial charge >= 0.3 is 0 Å². The minimum Gasteiger partial charge on any atom is -0.487 e. The molecule has 1 aromatic heterocycles. The van der Waals surface area contributed by atoms with Crippen molar-refractivity contribution in [3.8, 4) is 5.06 Å². The lowest BCUT2D eigenvalue weighted by molar-refractivity contribution is 0.112. The predicted molar refractivity (Wildman–Crippen MR) is 61.5 cm³/mol. The fraction of sp³-hybridized carbons (Fsp3) is 0.100. The second kappa shape index (κ2) is 3.71. The van der Waals surface area contributed by atoms with Gasteiger partial charge in [-0.15, -0.1) is 0 Å². The lowest BCUT2D eigenvalue weighted by Gasteiger charge is -1.96. The maximum absolute atomic E-state index is 10.9. The molecule has 0 saturated heterocycles. The number of hydrogen-bond acceptors (Lipinski definition) is 3. The number of thiophene rings is 1. The molecule has 0 fully saturated rings. The van der Waals surface area contributed by atoms with Crippen molar-refractivity contribution >= 4 is 43.6 Å². The monoisotopic (exact) mass is 270 g/mol. The third-order valence-corrected chi connectivity index (χ3v) is 3.74. The van der Waals surface area contributed by atoms with E-state index < -0.39 is 0 Å². The maximum Gasteiger partial charge on any atom is 0.174 e. The minimum atomic E-state index is 0.682. The third kappa shape index (κ3) is 1.44. The van der Waals surface area contributed by atoms with E-state index in [0.29, 0.717) is 5.56 Å². The van der Waals surface area contributed by atoms with Crippen LogP contribution >= 0.6 is 27.3 Å². The largest absolute Gasteiger partial charge is 0.487 e. The van der Waals surface area contributed by atoms with Crippen molar-refractivity contribution in [2.24, 2.45) is 0 Å². The summed E-state index contributed by atoms with van der Waals surface area (Å²) in [6.45, 7) is 0. The zero-order valence-corrected chi connectivity index (χ0v) is 9.81. The molecule has 0 N–H and O–H groups in total. The number of fused-ring (bicyclic) bond motifs is 1. The summed E-state index contributed by atoms with van der Waals surface area (Å²) >= 11 is 4.87.